The molecule has 0 aliphatic heterocycles. The minimum Gasteiger partial charge on any atom is -0.397 e. The van der Waals surface area contributed by atoms with E-state index < -0.39 is 0 Å². The van der Waals surface area contributed by atoms with E-state index in [2.05, 4.69) is 64.6 Å². The van der Waals surface area contributed by atoms with Crippen LogP contribution in [-0.4, -0.2) is 30.6 Å². The number of anilines is 2. The van der Waals surface area contributed by atoms with Crippen molar-refractivity contribution < 1.29 is 0 Å². The summed E-state index contributed by atoms with van der Waals surface area (Å²) < 4.78 is 1.93. The van der Waals surface area contributed by atoms with E-state index in [4.69, 9.17) is 10.7 Å². The van der Waals surface area contributed by atoms with Crippen LogP contribution in [0.5, 0.6) is 0 Å². The van der Waals surface area contributed by atoms with Gasteiger partial charge in [0.25, 0.3) is 0 Å². The topological polar surface area (TPSA) is 96.9 Å². The van der Waals surface area contributed by atoms with Crippen LogP contribution in [0.1, 0.15) is 43.0 Å². The fourth-order valence-electron chi connectivity index (χ4n) is 4.94. The molecule has 0 spiro atoms. The van der Waals surface area contributed by atoms with Crippen molar-refractivity contribution in [2.45, 2.75) is 45.1 Å². The van der Waals surface area contributed by atoms with E-state index in [0.717, 1.165) is 47.5 Å². The molecule has 166 valence electrons. The number of rotatable bonds is 4. The van der Waals surface area contributed by atoms with Crippen molar-refractivity contribution in [3.63, 3.8) is 0 Å². The summed E-state index contributed by atoms with van der Waals surface area (Å²) in [6.07, 6.45) is 8.44. The van der Waals surface area contributed by atoms with E-state index in [-0.39, 0.29) is 0 Å². The van der Waals surface area contributed by atoms with Crippen molar-refractivity contribution in [2.75, 3.05) is 11.1 Å². The first-order valence-electron chi connectivity index (χ1n) is 11.5. The normalized spacial score (nSPS) is 15.9. The number of aryl methyl sites for hydroxylation is 1. The molecule has 0 amide bonds. The van der Waals surface area contributed by atoms with Gasteiger partial charge < -0.3 is 16.0 Å². The van der Waals surface area contributed by atoms with Gasteiger partial charge in [0, 0.05) is 52.2 Å². The van der Waals surface area contributed by atoms with Gasteiger partial charge >= 0.3 is 0 Å². The molecule has 4 N–H and O–H groups in total. The first-order valence-corrected chi connectivity index (χ1v) is 11.5. The molecule has 0 radical (unpaired) electrons. The van der Waals surface area contributed by atoms with E-state index in [9.17, 15) is 0 Å². The highest BCUT2D eigenvalue weighted by Gasteiger charge is 2.24. The number of pyridine rings is 1. The zero-order valence-electron chi connectivity index (χ0n) is 18.8. The van der Waals surface area contributed by atoms with Crippen molar-refractivity contribution in [2.24, 2.45) is 0 Å². The van der Waals surface area contributed by atoms with Crippen molar-refractivity contribution in [1.29, 1.82) is 0 Å². The van der Waals surface area contributed by atoms with Crippen LogP contribution in [0.4, 0.5) is 11.5 Å². The van der Waals surface area contributed by atoms with Crippen LogP contribution in [0.3, 0.4) is 0 Å². The first-order chi connectivity index (χ1) is 16.1. The number of H-pyrrole nitrogens is 1. The number of hydrogen-bond acceptors (Lipinski definition) is 5. The van der Waals surface area contributed by atoms with Crippen molar-refractivity contribution in [1.82, 2.24) is 24.6 Å². The number of nitrogens with zero attached hydrogens (tertiary/aromatic N) is 4. The third kappa shape index (κ3) is 3.40. The van der Waals surface area contributed by atoms with Gasteiger partial charge in [-0.05, 0) is 42.9 Å². The maximum absolute atomic E-state index is 6.01. The van der Waals surface area contributed by atoms with E-state index in [1.165, 1.54) is 22.2 Å². The molecule has 5 aromatic rings. The summed E-state index contributed by atoms with van der Waals surface area (Å²) in [6.45, 7) is 4.33. The summed E-state index contributed by atoms with van der Waals surface area (Å²) in [5.41, 5.74) is 14.4. The molecule has 4 heterocycles. The fraction of sp³-hybridized carbons (Fsp3) is 0.269. The maximum Gasteiger partial charge on any atom is 0.161 e. The highest BCUT2D eigenvalue weighted by Crippen LogP contribution is 2.32. The zero-order chi connectivity index (χ0) is 22.5. The van der Waals surface area contributed by atoms with Gasteiger partial charge in [0.1, 0.15) is 5.82 Å². The van der Waals surface area contributed by atoms with Crippen LogP contribution in [0.15, 0.2) is 55.0 Å². The van der Waals surface area contributed by atoms with Gasteiger partial charge in [0.15, 0.2) is 5.65 Å². The number of aromatic nitrogens is 5. The van der Waals surface area contributed by atoms with Gasteiger partial charge in [-0.2, -0.15) is 9.61 Å². The minimum atomic E-state index is 0.306. The average Bonchev–Trinajstić information content (AvgIpc) is 3.41. The number of aromatic amines is 1. The number of fused-ring (bicyclic) bond motifs is 4. The first kappa shape index (κ1) is 19.8. The Morgan fingerprint density at radius 2 is 2.03 bits per heavy atom. The summed E-state index contributed by atoms with van der Waals surface area (Å²) >= 11 is 0. The Balaban J connectivity index is 1.41. The monoisotopic (exact) mass is 437 g/mol. The Labute approximate surface area is 192 Å². The molecule has 1 aromatic carbocycles. The van der Waals surface area contributed by atoms with Gasteiger partial charge in [-0.3, -0.25) is 4.98 Å². The average molecular weight is 438 g/mol. The lowest BCUT2D eigenvalue weighted by molar-refractivity contribution is 0.603. The molecule has 0 unspecified atom stereocenters. The quantitative estimate of drug-likeness (QED) is 0.370. The van der Waals surface area contributed by atoms with Crippen molar-refractivity contribution in [3.05, 3.63) is 71.8 Å². The molecule has 33 heavy (non-hydrogen) atoms. The molecule has 1 aliphatic rings. The maximum atomic E-state index is 6.01. The number of nitrogen functional groups attached to an aromatic ring is 1. The lowest BCUT2D eigenvalue weighted by atomic mass is 9.91. The Morgan fingerprint density at radius 1 is 1.15 bits per heavy atom. The summed E-state index contributed by atoms with van der Waals surface area (Å²) in [7, 11) is 0. The standard InChI is InChI=1S/C26H27N7/c1-15(2)21-14-29-33-25(11-24(32-26(21)33)16-9-17(27)13-28-12-16)30-18-7-8-23-20(10-18)19-5-3-4-6-22(19)31-23/h3-6,9,11-15,18,30-31H,7-8,10,27H2,1-2H3/t18-/m1/s1. The van der Waals surface area contributed by atoms with Crippen LogP contribution in [-0.2, 0) is 12.8 Å². The Bertz CT molecular complexity index is 1480. The second-order valence-electron chi connectivity index (χ2n) is 9.24. The summed E-state index contributed by atoms with van der Waals surface area (Å²) in [4.78, 5) is 12.8. The van der Waals surface area contributed by atoms with Crippen LogP contribution >= 0.6 is 0 Å². The van der Waals surface area contributed by atoms with Crippen molar-refractivity contribution >= 4 is 28.1 Å². The number of nitrogens with one attached hydrogen (secondary N) is 2. The molecule has 0 saturated heterocycles. The van der Waals surface area contributed by atoms with E-state index in [0.29, 0.717) is 17.6 Å². The molecule has 7 nitrogen and oxygen atoms in total. The molecule has 0 fully saturated rings. The third-order valence-electron chi connectivity index (χ3n) is 6.62. The smallest absolute Gasteiger partial charge is 0.161 e. The molecular formula is C26H27N7. The van der Waals surface area contributed by atoms with E-state index in [1.807, 2.05) is 23.0 Å². The second-order valence-corrected chi connectivity index (χ2v) is 9.24. The van der Waals surface area contributed by atoms with Crippen LogP contribution < -0.4 is 11.1 Å². The predicted molar refractivity (Wildman–Crippen MR) is 132 cm³/mol. The molecule has 4 aromatic heterocycles. The van der Waals surface area contributed by atoms with E-state index >= 15 is 0 Å². The zero-order valence-corrected chi connectivity index (χ0v) is 18.8. The molecule has 1 atom stereocenters. The molecule has 6 rings (SSSR count). The third-order valence-corrected chi connectivity index (χ3v) is 6.62. The van der Waals surface area contributed by atoms with Gasteiger partial charge in [0.2, 0.25) is 0 Å². The van der Waals surface area contributed by atoms with E-state index in [1.54, 1.807) is 6.20 Å². The van der Waals surface area contributed by atoms with Crippen LogP contribution in [0.25, 0.3) is 27.8 Å². The lowest BCUT2D eigenvalue weighted by Gasteiger charge is -2.25. The Hall–Kier alpha value is -3.87. The minimum absolute atomic E-state index is 0.306. The van der Waals surface area contributed by atoms with Crippen LogP contribution in [0.2, 0.25) is 0 Å². The summed E-state index contributed by atoms with van der Waals surface area (Å²) in [6, 6.07) is 12.9. The number of hydrogen-bond donors (Lipinski definition) is 3. The molecule has 0 saturated carbocycles. The second kappa shape index (κ2) is 7.62. The van der Waals surface area contributed by atoms with Crippen molar-refractivity contribution in [3.8, 4) is 11.3 Å². The highest BCUT2D eigenvalue weighted by molar-refractivity contribution is 5.85. The van der Waals surface area contributed by atoms with Gasteiger partial charge in [-0.15, -0.1) is 0 Å². The summed E-state index contributed by atoms with van der Waals surface area (Å²) in [5, 5.41) is 9.80. The van der Waals surface area contributed by atoms with Gasteiger partial charge in [-0.25, -0.2) is 4.98 Å². The Morgan fingerprint density at radius 3 is 2.88 bits per heavy atom. The largest absolute Gasteiger partial charge is 0.397 e. The highest BCUT2D eigenvalue weighted by atomic mass is 15.3. The molecular weight excluding hydrogens is 410 g/mol. The Kier molecular flexibility index (Phi) is 4.57. The number of para-hydroxylation sites is 1. The predicted octanol–water partition coefficient (Wildman–Crippen LogP) is 4.95. The molecule has 7 heteroatoms. The van der Waals surface area contributed by atoms with Gasteiger partial charge in [0.05, 0.1) is 17.6 Å². The lowest BCUT2D eigenvalue weighted by Crippen LogP contribution is -2.28. The van der Waals surface area contributed by atoms with Crippen LogP contribution in [0, 0.1) is 0 Å². The SMILES string of the molecule is CC(C)c1cnn2c(N[C@@H]3CCc4[nH]c5ccccc5c4C3)cc(-c3cncc(N)c3)nc12. The number of benzene rings is 1. The number of nitrogens with two attached hydrogens (primary N) is 1. The molecule has 0 bridgehead atoms. The molecule has 1 aliphatic carbocycles. The van der Waals surface area contributed by atoms with Gasteiger partial charge in [-0.1, -0.05) is 32.0 Å². The summed E-state index contributed by atoms with van der Waals surface area (Å²) in [5.74, 6) is 1.26. The fourth-order valence-corrected chi connectivity index (χ4v) is 4.94.